The summed E-state index contributed by atoms with van der Waals surface area (Å²) in [6.45, 7) is 0. The fourth-order valence-corrected chi connectivity index (χ4v) is 3.91. The van der Waals surface area contributed by atoms with Crippen molar-refractivity contribution in [1.29, 1.82) is 0 Å². The second-order valence-corrected chi connectivity index (χ2v) is 6.83. The van der Waals surface area contributed by atoms with Crippen LogP contribution in [0.15, 0.2) is 66.0 Å². The van der Waals surface area contributed by atoms with Crippen molar-refractivity contribution in [1.82, 2.24) is 13.9 Å². The van der Waals surface area contributed by atoms with Gasteiger partial charge in [-0.15, -0.1) is 0 Å². The van der Waals surface area contributed by atoms with Gasteiger partial charge in [0, 0.05) is 17.8 Å². The van der Waals surface area contributed by atoms with Crippen molar-refractivity contribution in [3.05, 3.63) is 61.1 Å². The fraction of sp³-hybridized carbons (Fsp3) is 0. The molecule has 3 aromatic heterocycles. The third-order valence-electron chi connectivity index (χ3n) is 3.66. The number of hydrogen-bond acceptors (Lipinski definition) is 5. The number of pyridine rings is 2. The van der Waals surface area contributed by atoms with Gasteiger partial charge >= 0.3 is 0 Å². The number of nitrogens with zero attached hydrogens (tertiary/aromatic N) is 3. The SMILES string of the molecule is O=S(=O)(c1ccccc1)n1ccc2c3c(O)ccnc3cnc21. The summed E-state index contributed by atoms with van der Waals surface area (Å²) in [4.78, 5) is 8.53. The summed E-state index contributed by atoms with van der Waals surface area (Å²) in [5.41, 5.74) is 0.761. The van der Waals surface area contributed by atoms with Crippen molar-refractivity contribution in [2.45, 2.75) is 4.90 Å². The second kappa shape index (κ2) is 4.79. The van der Waals surface area contributed by atoms with Gasteiger partial charge in [-0.2, -0.15) is 0 Å². The van der Waals surface area contributed by atoms with Crippen molar-refractivity contribution < 1.29 is 13.5 Å². The summed E-state index contributed by atoms with van der Waals surface area (Å²) in [5.74, 6) is 0.0391. The van der Waals surface area contributed by atoms with Gasteiger partial charge in [0.1, 0.15) is 5.75 Å². The molecule has 0 saturated carbocycles. The van der Waals surface area contributed by atoms with Crippen molar-refractivity contribution >= 4 is 32.0 Å². The summed E-state index contributed by atoms with van der Waals surface area (Å²) >= 11 is 0. The highest BCUT2D eigenvalue weighted by molar-refractivity contribution is 7.90. The van der Waals surface area contributed by atoms with Crippen LogP contribution >= 0.6 is 0 Å². The zero-order chi connectivity index (χ0) is 16.0. The molecule has 0 saturated heterocycles. The van der Waals surface area contributed by atoms with Gasteiger partial charge in [0.05, 0.1) is 22.0 Å². The van der Waals surface area contributed by atoms with Crippen LogP contribution in [0.4, 0.5) is 0 Å². The molecule has 6 nitrogen and oxygen atoms in total. The van der Waals surface area contributed by atoms with Crippen LogP contribution in [0.5, 0.6) is 5.75 Å². The van der Waals surface area contributed by atoms with Crippen LogP contribution in [-0.4, -0.2) is 27.5 Å². The van der Waals surface area contributed by atoms with Crippen molar-refractivity contribution in [2.24, 2.45) is 0 Å². The van der Waals surface area contributed by atoms with Gasteiger partial charge in [0.25, 0.3) is 10.0 Å². The summed E-state index contributed by atoms with van der Waals surface area (Å²) in [6, 6.07) is 11.2. The summed E-state index contributed by atoms with van der Waals surface area (Å²) in [7, 11) is -3.75. The molecule has 4 aromatic rings. The van der Waals surface area contributed by atoms with Gasteiger partial charge in [-0.05, 0) is 24.3 Å². The molecule has 7 heteroatoms. The van der Waals surface area contributed by atoms with Crippen molar-refractivity contribution in [3.8, 4) is 5.75 Å². The molecular formula is C16H11N3O3S. The number of aromatic hydroxyl groups is 1. The van der Waals surface area contributed by atoms with E-state index < -0.39 is 10.0 Å². The molecule has 0 aliphatic rings. The van der Waals surface area contributed by atoms with Crippen LogP contribution in [-0.2, 0) is 10.0 Å². The molecule has 0 amide bonds. The minimum atomic E-state index is -3.75. The maximum Gasteiger partial charge on any atom is 0.269 e. The van der Waals surface area contributed by atoms with E-state index in [-0.39, 0.29) is 16.3 Å². The van der Waals surface area contributed by atoms with E-state index in [1.807, 2.05) is 0 Å². The van der Waals surface area contributed by atoms with Gasteiger partial charge in [-0.25, -0.2) is 17.4 Å². The first-order valence-corrected chi connectivity index (χ1v) is 8.27. The molecule has 0 bridgehead atoms. The Balaban J connectivity index is 2.06. The lowest BCUT2D eigenvalue weighted by Crippen LogP contribution is -2.12. The maximum atomic E-state index is 12.8. The lowest BCUT2D eigenvalue weighted by Gasteiger charge is -2.07. The number of rotatable bonds is 2. The van der Waals surface area contributed by atoms with Crippen molar-refractivity contribution in [3.63, 3.8) is 0 Å². The molecular weight excluding hydrogens is 314 g/mol. The normalized spacial score (nSPS) is 12.0. The van der Waals surface area contributed by atoms with E-state index >= 15 is 0 Å². The monoisotopic (exact) mass is 325 g/mol. The van der Waals surface area contributed by atoms with E-state index in [1.54, 1.807) is 24.3 Å². The molecule has 114 valence electrons. The quantitative estimate of drug-likeness (QED) is 0.612. The molecule has 0 spiro atoms. The lowest BCUT2D eigenvalue weighted by molar-refractivity contribution is 0.481. The Labute approximate surface area is 131 Å². The Morgan fingerprint density at radius 3 is 2.57 bits per heavy atom. The summed E-state index contributed by atoms with van der Waals surface area (Å²) in [6.07, 6.45) is 4.36. The van der Waals surface area contributed by atoms with Crippen LogP contribution in [0.2, 0.25) is 0 Å². The lowest BCUT2D eigenvalue weighted by atomic mass is 10.2. The molecule has 0 aliphatic carbocycles. The predicted molar refractivity (Wildman–Crippen MR) is 85.7 cm³/mol. The van der Waals surface area contributed by atoms with E-state index in [2.05, 4.69) is 9.97 Å². The zero-order valence-corrected chi connectivity index (χ0v) is 12.6. The molecule has 0 radical (unpaired) electrons. The first-order chi connectivity index (χ1) is 11.1. The topological polar surface area (TPSA) is 85.1 Å². The molecule has 1 N–H and O–H groups in total. The first-order valence-electron chi connectivity index (χ1n) is 6.83. The number of hydrogen-bond donors (Lipinski definition) is 1. The van der Waals surface area contributed by atoms with E-state index in [0.29, 0.717) is 16.3 Å². The minimum Gasteiger partial charge on any atom is -0.507 e. The maximum absolute atomic E-state index is 12.8. The Morgan fingerprint density at radius 1 is 1.00 bits per heavy atom. The molecule has 0 atom stereocenters. The number of benzene rings is 1. The Kier molecular flexibility index (Phi) is 2.85. The van der Waals surface area contributed by atoms with Crippen molar-refractivity contribution in [2.75, 3.05) is 0 Å². The fourth-order valence-electron chi connectivity index (χ4n) is 2.59. The largest absolute Gasteiger partial charge is 0.507 e. The first kappa shape index (κ1) is 13.7. The number of aromatic nitrogens is 3. The van der Waals surface area contributed by atoms with Gasteiger partial charge in [0.15, 0.2) is 5.65 Å². The molecule has 3 heterocycles. The van der Waals surface area contributed by atoms with Crippen LogP contribution in [0, 0.1) is 0 Å². The summed E-state index contributed by atoms with van der Waals surface area (Å²) < 4.78 is 26.7. The average Bonchev–Trinajstić information content (AvgIpc) is 3.00. The van der Waals surface area contributed by atoms with Crippen LogP contribution < -0.4 is 0 Å². The number of fused-ring (bicyclic) bond motifs is 3. The molecule has 23 heavy (non-hydrogen) atoms. The van der Waals surface area contributed by atoms with Gasteiger partial charge in [-0.3, -0.25) is 4.98 Å². The Hall–Kier alpha value is -2.93. The molecule has 0 fully saturated rings. The highest BCUT2D eigenvalue weighted by Gasteiger charge is 2.20. The third kappa shape index (κ3) is 1.97. The highest BCUT2D eigenvalue weighted by Crippen LogP contribution is 2.31. The Bertz CT molecular complexity index is 1140. The zero-order valence-electron chi connectivity index (χ0n) is 11.8. The third-order valence-corrected chi connectivity index (χ3v) is 5.34. The molecule has 0 aliphatic heterocycles. The predicted octanol–water partition coefficient (Wildman–Crippen LogP) is 2.53. The van der Waals surface area contributed by atoms with Crippen LogP contribution in [0.3, 0.4) is 0 Å². The van der Waals surface area contributed by atoms with Gasteiger partial charge in [0.2, 0.25) is 0 Å². The smallest absolute Gasteiger partial charge is 0.269 e. The Morgan fingerprint density at radius 2 is 1.78 bits per heavy atom. The van der Waals surface area contributed by atoms with E-state index in [1.165, 1.54) is 36.8 Å². The molecule has 1 aromatic carbocycles. The molecule has 0 unspecified atom stereocenters. The van der Waals surface area contributed by atoms with Gasteiger partial charge < -0.3 is 5.11 Å². The van der Waals surface area contributed by atoms with Gasteiger partial charge in [-0.1, -0.05) is 18.2 Å². The van der Waals surface area contributed by atoms with Crippen LogP contribution in [0.1, 0.15) is 0 Å². The standard InChI is InChI=1S/C16H11N3O3S/c20-14-6-8-17-13-10-18-16-12(15(13)14)7-9-19(16)23(21,22)11-4-2-1-3-5-11/h1-10H,(H,17,20). The van der Waals surface area contributed by atoms with Crippen LogP contribution in [0.25, 0.3) is 21.9 Å². The average molecular weight is 325 g/mol. The van der Waals surface area contributed by atoms with E-state index in [9.17, 15) is 13.5 Å². The summed E-state index contributed by atoms with van der Waals surface area (Å²) in [5, 5.41) is 11.1. The minimum absolute atomic E-state index is 0.0391. The van der Waals surface area contributed by atoms with E-state index in [4.69, 9.17) is 0 Å². The second-order valence-electron chi connectivity index (χ2n) is 5.02. The van der Waals surface area contributed by atoms with E-state index in [0.717, 1.165) is 3.97 Å². The molecule has 4 rings (SSSR count). The highest BCUT2D eigenvalue weighted by atomic mass is 32.2.